The maximum atomic E-state index is 3.74. The third kappa shape index (κ3) is 3.06. The molecule has 0 amide bonds. The normalized spacial score (nSPS) is 16.9. The van der Waals surface area contributed by atoms with Crippen LogP contribution < -0.4 is 5.32 Å². The van der Waals surface area contributed by atoms with Gasteiger partial charge in [0.1, 0.15) is 0 Å². The minimum atomic E-state index is 0.785. The molecule has 1 fully saturated rings. The van der Waals surface area contributed by atoms with Gasteiger partial charge in [-0.05, 0) is 50.8 Å². The Bertz CT molecular complexity index is 550. The number of aromatic amines is 1. The van der Waals surface area contributed by atoms with E-state index in [0.29, 0.717) is 0 Å². The average molecular weight is 270 g/mol. The van der Waals surface area contributed by atoms with Crippen LogP contribution in [0.2, 0.25) is 0 Å². The fourth-order valence-electron chi connectivity index (χ4n) is 3.53. The fourth-order valence-corrected chi connectivity index (χ4v) is 3.53. The molecule has 0 atom stereocenters. The predicted molar refractivity (Wildman–Crippen MR) is 86.2 cm³/mol. The molecule has 0 unspecified atom stereocenters. The lowest BCUT2D eigenvalue weighted by atomic mass is 9.95. The number of hydrogen-bond acceptors (Lipinski definition) is 1. The fraction of sp³-hybridized carbons (Fsp3) is 0.556. The quantitative estimate of drug-likeness (QED) is 0.778. The van der Waals surface area contributed by atoms with E-state index in [1.54, 1.807) is 0 Å². The minimum absolute atomic E-state index is 0.785. The molecule has 1 heterocycles. The summed E-state index contributed by atoms with van der Waals surface area (Å²) in [5.74, 6) is 0. The number of nitrogens with one attached hydrogen (secondary N) is 2. The number of hydrogen-bond donors (Lipinski definition) is 2. The number of benzene rings is 1. The van der Waals surface area contributed by atoms with E-state index in [1.165, 1.54) is 67.1 Å². The van der Waals surface area contributed by atoms with E-state index in [9.17, 15) is 0 Å². The second kappa shape index (κ2) is 6.45. The summed E-state index contributed by atoms with van der Waals surface area (Å²) in [6.45, 7) is 3.35. The highest BCUT2D eigenvalue weighted by Gasteiger charge is 2.12. The van der Waals surface area contributed by atoms with Gasteiger partial charge in [-0.15, -0.1) is 0 Å². The number of aryl methyl sites for hydroxylation is 2. The lowest BCUT2D eigenvalue weighted by molar-refractivity contribution is 0.372. The molecule has 2 nitrogen and oxygen atoms in total. The summed E-state index contributed by atoms with van der Waals surface area (Å²) in [5, 5.41) is 5.15. The molecule has 0 radical (unpaired) electrons. The summed E-state index contributed by atoms with van der Waals surface area (Å²) < 4.78 is 0. The van der Waals surface area contributed by atoms with E-state index < -0.39 is 0 Å². The van der Waals surface area contributed by atoms with Crippen LogP contribution in [0.25, 0.3) is 10.9 Å². The molecule has 1 aliphatic rings. The van der Waals surface area contributed by atoms with Crippen molar-refractivity contribution in [3.05, 3.63) is 35.5 Å². The highest BCUT2D eigenvalue weighted by Crippen LogP contribution is 2.23. The van der Waals surface area contributed by atoms with Crippen molar-refractivity contribution in [1.29, 1.82) is 0 Å². The zero-order valence-electron chi connectivity index (χ0n) is 12.5. The molecule has 20 heavy (non-hydrogen) atoms. The molecule has 1 aliphatic carbocycles. The Kier molecular flexibility index (Phi) is 4.41. The maximum absolute atomic E-state index is 3.74. The van der Waals surface area contributed by atoms with Gasteiger partial charge in [-0.1, -0.05) is 37.5 Å². The molecule has 3 rings (SSSR count). The molecule has 0 saturated heterocycles. The van der Waals surface area contributed by atoms with E-state index in [1.807, 2.05) is 0 Å². The third-order valence-corrected chi connectivity index (χ3v) is 4.67. The van der Waals surface area contributed by atoms with Crippen LogP contribution in [0.15, 0.2) is 24.3 Å². The summed E-state index contributed by atoms with van der Waals surface area (Å²) in [5.41, 5.74) is 4.12. The second-order valence-corrected chi connectivity index (χ2v) is 6.17. The first kappa shape index (κ1) is 13.7. The molecule has 0 spiro atoms. The molecule has 108 valence electrons. The van der Waals surface area contributed by atoms with E-state index in [-0.39, 0.29) is 0 Å². The Morgan fingerprint density at radius 3 is 2.80 bits per heavy atom. The van der Waals surface area contributed by atoms with E-state index >= 15 is 0 Å². The summed E-state index contributed by atoms with van der Waals surface area (Å²) in [4.78, 5) is 3.50. The Labute approximate surface area is 122 Å². The smallest absolute Gasteiger partial charge is 0.0458 e. The molecular formula is C18H26N2. The zero-order valence-corrected chi connectivity index (χ0v) is 12.5. The van der Waals surface area contributed by atoms with Crippen molar-refractivity contribution < 1.29 is 0 Å². The Morgan fingerprint density at radius 2 is 1.95 bits per heavy atom. The first-order valence-corrected chi connectivity index (χ1v) is 8.14. The first-order chi connectivity index (χ1) is 9.84. The van der Waals surface area contributed by atoms with Crippen LogP contribution in [-0.2, 0) is 6.42 Å². The van der Waals surface area contributed by atoms with Crippen LogP contribution in [-0.4, -0.2) is 17.6 Å². The lowest BCUT2D eigenvalue weighted by Crippen LogP contribution is -2.31. The van der Waals surface area contributed by atoms with Crippen molar-refractivity contribution in [3.63, 3.8) is 0 Å². The summed E-state index contributed by atoms with van der Waals surface area (Å²) >= 11 is 0. The Balaban J connectivity index is 1.53. The molecule has 1 aromatic carbocycles. The summed E-state index contributed by atoms with van der Waals surface area (Å²) in [6.07, 6.45) is 9.44. The Hall–Kier alpha value is -1.28. The summed E-state index contributed by atoms with van der Waals surface area (Å²) in [7, 11) is 0. The van der Waals surface area contributed by atoms with Gasteiger partial charge < -0.3 is 10.3 Å². The van der Waals surface area contributed by atoms with Crippen molar-refractivity contribution in [1.82, 2.24) is 10.3 Å². The van der Waals surface area contributed by atoms with Gasteiger partial charge in [0, 0.05) is 22.6 Å². The molecule has 2 N–H and O–H groups in total. The van der Waals surface area contributed by atoms with E-state index in [4.69, 9.17) is 0 Å². The van der Waals surface area contributed by atoms with Gasteiger partial charge in [-0.3, -0.25) is 0 Å². The highest BCUT2D eigenvalue weighted by atomic mass is 14.9. The topological polar surface area (TPSA) is 27.8 Å². The van der Waals surface area contributed by atoms with Crippen LogP contribution in [0.5, 0.6) is 0 Å². The number of H-pyrrole nitrogens is 1. The van der Waals surface area contributed by atoms with Crippen LogP contribution in [0.3, 0.4) is 0 Å². The van der Waals surface area contributed by atoms with Crippen LogP contribution >= 0.6 is 0 Å². The first-order valence-electron chi connectivity index (χ1n) is 8.14. The predicted octanol–water partition coefficient (Wildman–Crippen LogP) is 4.33. The Morgan fingerprint density at radius 1 is 1.15 bits per heavy atom. The third-order valence-electron chi connectivity index (χ3n) is 4.67. The monoisotopic (exact) mass is 270 g/mol. The van der Waals surface area contributed by atoms with Crippen molar-refractivity contribution in [2.75, 3.05) is 6.54 Å². The van der Waals surface area contributed by atoms with Crippen molar-refractivity contribution in [3.8, 4) is 0 Å². The van der Waals surface area contributed by atoms with Crippen molar-refractivity contribution >= 4 is 10.9 Å². The number of para-hydroxylation sites is 1. The van der Waals surface area contributed by atoms with Crippen LogP contribution in [0, 0.1) is 6.92 Å². The molecular weight excluding hydrogens is 244 g/mol. The second-order valence-electron chi connectivity index (χ2n) is 6.17. The number of fused-ring (bicyclic) bond motifs is 1. The number of rotatable bonds is 5. The zero-order chi connectivity index (χ0) is 13.8. The largest absolute Gasteiger partial charge is 0.358 e. The van der Waals surface area contributed by atoms with Gasteiger partial charge >= 0.3 is 0 Å². The molecule has 0 bridgehead atoms. The van der Waals surface area contributed by atoms with E-state index in [2.05, 4.69) is 41.5 Å². The van der Waals surface area contributed by atoms with E-state index in [0.717, 1.165) is 12.6 Å². The molecule has 2 heteroatoms. The summed E-state index contributed by atoms with van der Waals surface area (Å²) in [6, 6.07) is 9.44. The average Bonchev–Trinajstić information content (AvgIpc) is 2.80. The molecule has 2 aromatic rings. The highest BCUT2D eigenvalue weighted by molar-refractivity contribution is 5.84. The molecule has 0 aliphatic heterocycles. The standard InChI is InChI=1S/C18H26N2/c1-14-16(17-10-5-6-12-18(17)20-14)11-7-13-19-15-8-3-2-4-9-15/h5-6,10,12,15,19-20H,2-4,7-9,11,13H2,1H3. The van der Waals surface area contributed by atoms with Gasteiger partial charge in [-0.2, -0.15) is 0 Å². The van der Waals surface area contributed by atoms with Crippen LogP contribution in [0.1, 0.15) is 49.8 Å². The van der Waals surface area contributed by atoms with Gasteiger partial charge in [-0.25, -0.2) is 0 Å². The van der Waals surface area contributed by atoms with Crippen molar-refractivity contribution in [2.45, 2.75) is 57.9 Å². The lowest BCUT2D eigenvalue weighted by Gasteiger charge is -2.22. The molecule has 1 saturated carbocycles. The molecule has 1 aromatic heterocycles. The van der Waals surface area contributed by atoms with Crippen molar-refractivity contribution in [2.24, 2.45) is 0 Å². The van der Waals surface area contributed by atoms with Gasteiger partial charge in [0.25, 0.3) is 0 Å². The minimum Gasteiger partial charge on any atom is -0.358 e. The van der Waals surface area contributed by atoms with Gasteiger partial charge in [0.05, 0.1) is 0 Å². The number of aromatic nitrogens is 1. The maximum Gasteiger partial charge on any atom is 0.0458 e. The van der Waals surface area contributed by atoms with Crippen LogP contribution in [0.4, 0.5) is 0 Å². The van der Waals surface area contributed by atoms with Gasteiger partial charge in [0.15, 0.2) is 0 Å². The van der Waals surface area contributed by atoms with Gasteiger partial charge in [0.2, 0.25) is 0 Å². The SMILES string of the molecule is Cc1[nH]c2ccccc2c1CCCNC1CCCCC1.